The molecule has 0 radical (unpaired) electrons. The second kappa shape index (κ2) is 5.61. The Morgan fingerprint density at radius 3 is 2.75 bits per heavy atom. The normalized spacial score (nSPS) is 14.8. The van der Waals surface area contributed by atoms with Gasteiger partial charge in [-0.25, -0.2) is 0 Å². The number of amides is 1. The Kier molecular flexibility index (Phi) is 3.88. The first kappa shape index (κ1) is 11.1. The van der Waals surface area contributed by atoms with Crippen LogP contribution in [0, 0.1) is 0 Å². The Hall–Kier alpha value is -1.42. The van der Waals surface area contributed by atoms with Gasteiger partial charge < -0.3 is 10.6 Å². The topological polar surface area (TPSA) is 54.0 Å². The molecule has 4 heteroatoms. The van der Waals surface area contributed by atoms with Crippen LogP contribution in [0.4, 0.5) is 0 Å². The zero-order chi connectivity index (χ0) is 11.2. The summed E-state index contributed by atoms with van der Waals surface area (Å²) in [5, 5.41) is 6.30. The van der Waals surface area contributed by atoms with Gasteiger partial charge in [0.1, 0.15) is 0 Å². The molecule has 1 aliphatic rings. The zero-order valence-corrected chi connectivity index (χ0v) is 9.28. The number of nitrogens with one attached hydrogen (secondary N) is 2. The largest absolute Gasteiger partial charge is 0.352 e. The lowest BCUT2D eigenvalue weighted by atomic mass is 10.2. The number of pyridine rings is 1. The van der Waals surface area contributed by atoms with Crippen molar-refractivity contribution < 1.29 is 4.79 Å². The molecule has 2 N–H and O–H groups in total. The molecular formula is C12H17N3O. The molecule has 0 bridgehead atoms. The summed E-state index contributed by atoms with van der Waals surface area (Å²) in [5.41, 5.74) is 0.671. The summed E-state index contributed by atoms with van der Waals surface area (Å²) in [6.07, 6.45) is 6.85. The number of nitrogens with zero attached hydrogens (tertiary/aromatic N) is 1. The van der Waals surface area contributed by atoms with Crippen LogP contribution in [-0.2, 0) is 0 Å². The van der Waals surface area contributed by atoms with Crippen molar-refractivity contribution in [1.29, 1.82) is 0 Å². The highest BCUT2D eigenvalue weighted by Gasteiger charge is 2.19. The van der Waals surface area contributed by atoms with Gasteiger partial charge in [-0.3, -0.25) is 9.78 Å². The Bertz CT molecular complexity index is 335. The Morgan fingerprint density at radius 1 is 1.31 bits per heavy atom. The Morgan fingerprint density at radius 2 is 2.06 bits per heavy atom. The summed E-state index contributed by atoms with van der Waals surface area (Å²) in [7, 11) is 0. The van der Waals surface area contributed by atoms with Gasteiger partial charge in [-0.05, 0) is 37.9 Å². The van der Waals surface area contributed by atoms with E-state index in [0.717, 1.165) is 25.6 Å². The maximum Gasteiger partial charge on any atom is 0.251 e. The molecule has 16 heavy (non-hydrogen) atoms. The third kappa shape index (κ3) is 3.62. The first-order valence-electron chi connectivity index (χ1n) is 5.78. The van der Waals surface area contributed by atoms with Gasteiger partial charge >= 0.3 is 0 Å². The number of carbonyl (C=O) groups is 1. The highest BCUT2D eigenvalue weighted by Crippen LogP contribution is 2.18. The number of hydrogen-bond acceptors (Lipinski definition) is 3. The number of aromatic nitrogens is 1. The Labute approximate surface area is 95.5 Å². The van der Waals surface area contributed by atoms with Gasteiger partial charge in [0.2, 0.25) is 0 Å². The van der Waals surface area contributed by atoms with Crippen LogP contribution in [0.5, 0.6) is 0 Å². The molecule has 1 fully saturated rings. The van der Waals surface area contributed by atoms with Crippen LogP contribution in [0.2, 0.25) is 0 Å². The maximum absolute atomic E-state index is 11.6. The molecule has 4 nitrogen and oxygen atoms in total. The third-order valence-corrected chi connectivity index (χ3v) is 2.59. The fourth-order valence-electron chi connectivity index (χ4n) is 1.49. The van der Waals surface area contributed by atoms with E-state index in [2.05, 4.69) is 15.6 Å². The van der Waals surface area contributed by atoms with E-state index in [-0.39, 0.29) is 5.91 Å². The lowest BCUT2D eigenvalue weighted by Gasteiger charge is -2.05. The SMILES string of the molecule is O=C(NCCCNC1CC1)c1ccncc1. The molecule has 0 spiro atoms. The van der Waals surface area contributed by atoms with Gasteiger partial charge in [0.25, 0.3) is 5.91 Å². The van der Waals surface area contributed by atoms with E-state index in [1.165, 1.54) is 12.8 Å². The number of rotatable bonds is 6. The highest BCUT2D eigenvalue weighted by atomic mass is 16.1. The minimum atomic E-state index is -0.0196. The summed E-state index contributed by atoms with van der Waals surface area (Å²) in [4.78, 5) is 15.5. The molecule has 1 aromatic rings. The molecule has 0 aliphatic heterocycles. The molecule has 0 aromatic carbocycles. The van der Waals surface area contributed by atoms with Crippen molar-refractivity contribution in [2.24, 2.45) is 0 Å². The van der Waals surface area contributed by atoms with Crippen molar-refractivity contribution in [2.75, 3.05) is 13.1 Å². The zero-order valence-electron chi connectivity index (χ0n) is 9.28. The quantitative estimate of drug-likeness (QED) is 0.700. The molecule has 1 saturated carbocycles. The van der Waals surface area contributed by atoms with Crippen LogP contribution in [0.3, 0.4) is 0 Å². The molecule has 0 saturated heterocycles. The lowest BCUT2D eigenvalue weighted by molar-refractivity contribution is 0.0953. The van der Waals surface area contributed by atoms with Gasteiger partial charge in [0, 0.05) is 30.5 Å². The van der Waals surface area contributed by atoms with E-state index in [1.54, 1.807) is 24.5 Å². The van der Waals surface area contributed by atoms with Crippen LogP contribution in [0.1, 0.15) is 29.6 Å². The summed E-state index contributed by atoms with van der Waals surface area (Å²) in [6.45, 7) is 1.71. The standard InChI is InChI=1S/C12H17N3O/c16-12(10-4-8-13-9-5-10)15-7-1-6-14-11-2-3-11/h4-5,8-9,11,14H,1-3,6-7H2,(H,15,16). The molecule has 86 valence electrons. The van der Waals surface area contributed by atoms with E-state index in [9.17, 15) is 4.79 Å². The van der Waals surface area contributed by atoms with E-state index in [1.807, 2.05) is 0 Å². The second-order valence-corrected chi connectivity index (χ2v) is 4.07. The van der Waals surface area contributed by atoms with Crippen LogP contribution in [0.25, 0.3) is 0 Å². The monoisotopic (exact) mass is 219 g/mol. The van der Waals surface area contributed by atoms with Crippen molar-refractivity contribution in [3.8, 4) is 0 Å². The number of hydrogen-bond donors (Lipinski definition) is 2. The summed E-state index contributed by atoms with van der Waals surface area (Å²) in [6, 6.07) is 4.19. The molecule has 1 heterocycles. The first-order chi connectivity index (χ1) is 7.86. The summed E-state index contributed by atoms with van der Waals surface area (Å²) >= 11 is 0. The van der Waals surface area contributed by atoms with E-state index < -0.39 is 0 Å². The predicted molar refractivity (Wildman–Crippen MR) is 62.2 cm³/mol. The lowest BCUT2D eigenvalue weighted by Crippen LogP contribution is -2.27. The van der Waals surface area contributed by atoms with E-state index in [0.29, 0.717) is 5.56 Å². The predicted octanol–water partition coefficient (Wildman–Crippen LogP) is 0.953. The smallest absolute Gasteiger partial charge is 0.251 e. The van der Waals surface area contributed by atoms with Crippen molar-refractivity contribution in [3.63, 3.8) is 0 Å². The van der Waals surface area contributed by atoms with Crippen LogP contribution < -0.4 is 10.6 Å². The van der Waals surface area contributed by atoms with Gasteiger partial charge in [0.15, 0.2) is 0 Å². The summed E-state index contributed by atoms with van der Waals surface area (Å²) in [5.74, 6) is -0.0196. The van der Waals surface area contributed by atoms with Crippen molar-refractivity contribution >= 4 is 5.91 Å². The third-order valence-electron chi connectivity index (χ3n) is 2.59. The molecule has 1 aliphatic carbocycles. The van der Waals surface area contributed by atoms with Gasteiger partial charge in [-0.15, -0.1) is 0 Å². The van der Waals surface area contributed by atoms with Gasteiger partial charge in [-0.2, -0.15) is 0 Å². The average molecular weight is 219 g/mol. The van der Waals surface area contributed by atoms with Crippen LogP contribution in [-0.4, -0.2) is 30.0 Å². The van der Waals surface area contributed by atoms with Crippen molar-refractivity contribution in [2.45, 2.75) is 25.3 Å². The molecular weight excluding hydrogens is 202 g/mol. The molecule has 0 atom stereocenters. The van der Waals surface area contributed by atoms with Crippen LogP contribution in [0.15, 0.2) is 24.5 Å². The molecule has 1 amide bonds. The fraction of sp³-hybridized carbons (Fsp3) is 0.500. The van der Waals surface area contributed by atoms with E-state index >= 15 is 0 Å². The second-order valence-electron chi connectivity index (χ2n) is 4.07. The number of carbonyl (C=O) groups excluding carboxylic acids is 1. The minimum Gasteiger partial charge on any atom is -0.352 e. The summed E-state index contributed by atoms with van der Waals surface area (Å²) < 4.78 is 0. The first-order valence-corrected chi connectivity index (χ1v) is 5.78. The molecule has 1 aromatic heterocycles. The van der Waals surface area contributed by atoms with Crippen molar-refractivity contribution in [3.05, 3.63) is 30.1 Å². The maximum atomic E-state index is 11.6. The van der Waals surface area contributed by atoms with Gasteiger partial charge in [0.05, 0.1) is 0 Å². The fourth-order valence-corrected chi connectivity index (χ4v) is 1.49. The highest BCUT2D eigenvalue weighted by molar-refractivity contribution is 5.93. The Balaban J connectivity index is 1.60. The van der Waals surface area contributed by atoms with E-state index in [4.69, 9.17) is 0 Å². The van der Waals surface area contributed by atoms with Gasteiger partial charge in [-0.1, -0.05) is 0 Å². The molecule has 0 unspecified atom stereocenters. The van der Waals surface area contributed by atoms with Crippen molar-refractivity contribution in [1.82, 2.24) is 15.6 Å². The average Bonchev–Trinajstić information content (AvgIpc) is 3.13. The minimum absolute atomic E-state index is 0.0196. The van der Waals surface area contributed by atoms with Crippen LogP contribution >= 0.6 is 0 Å². The molecule has 2 rings (SSSR count).